The summed E-state index contributed by atoms with van der Waals surface area (Å²) in [6.07, 6.45) is 0.574. The minimum atomic E-state index is -1.12. The minimum absolute atomic E-state index is 0.143. The summed E-state index contributed by atoms with van der Waals surface area (Å²) in [6.45, 7) is 3.88. The lowest BCUT2D eigenvalue weighted by Crippen LogP contribution is -2.52. The molecular weight excluding hydrogens is 356 g/mol. The Hall–Kier alpha value is -3.15. The van der Waals surface area contributed by atoms with Crippen molar-refractivity contribution in [2.75, 3.05) is 0 Å². The van der Waals surface area contributed by atoms with E-state index in [2.05, 4.69) is 10.6 Å². The van der Waals surface area contributed by atoms with Crippen LogP contribution in [0.4, 0.5) is 0 Å². The largest absolute Gasteiger partial charge is 0.480 e. The smallest absolute Gasteiger partial charge is 0.326 e. The van der Waals surface area contributed by atoms with E-state index in [9.17, 15) is 19.5 Å². The van der Waals surface area contributed by atoms with Crippen LogP contribution in [0.2, 0.25) is 0 Å². The van der Waals surface area contributed by atoms with E-state index in [1.54, 1.807) is 30.3 Å². The lowest BCUT2D eigenvalue weighted by molar-refractivity contribution is -0.142. The van der Waals surface area contributed by atoms with Gasteiger partial charge in [-0.25, -0.2) is 4.79 Å². The van der Waals surface area contributed by atoms with Gasteiger partial charge in [0.05, 0.1) is 0 Å². The molecule has 0 aromatic heterocycles. The van der Waals surface area contributed by atoms with Gasteiger partial charge in [-0.15, -0.1) is 0 Å². The fourth-order valence-corrected chi connectivity index (χ4v) is 2.86. The predicted molar refractivity (Wildman–Crippen MR) is 107 cm³/mol. The van der Waals surface area contributed by atoms with Gasteiger partial charge in [-0.05, 0) is 30.0 Å². The van der Waals surface area contributed by atoms with Gasteiger partial charge in [0, 0.05) is 12.0 Å². The first kappa shape index (κ1) is 21.2. The van der Waals surface area contributed by atoms with E-state index >= 15 is 0 Å². The number of carboxylic acid groups (broad SMARTS) is 1. The Balaban J connectivity index is 2.09. The summed E-state index contributed by atoms with van der Waals surface area (Å²) < 4.78 is 0. The SMILES string of the molecule is CC(C)C[C@H](NC(=O)c1ccccc1)C(=O)N[C@@H](Cc1ccccc1)C(=O)O. The Morgan fingerprint density at radius 3 is 1.96 bits per heavy atom. The van der Waals surface area contributed by atoms with Crippen LogP contribution in [0.3, 0.4) is 0 Å². The van der Waals surface area contributed by atoms with Crippen molar-refractivity contribution >= 4 is 17.8 Å². The molecule has 0 aliphatic heterocycles. The fourth-order valence-electron chi connectivity index (χ4n) is 2.86. The van der Waals surface area contributed by atoms with E-state index in [1.807, 2.05) is 44.2 Å². The van der Waals surface area contributed by atoms with Gasteiger partial charge in [-0.3, -0.25) is 9.59 Å². The molecule has 0 saturated heterocycles. The van der Waals surface area contributed by atoms with E-state index in [0.717, 1.165) is 5.56 Å². The van der Waals surface area contributed by atoms with Gasteiger partial charge in [0.2, 0.25) is 5.91 Å². The van der Waals surface area contributed by atoms with E-state index in [-0.39, 0.29) is 18.2 Å². The van der Waals surface area contributed by atoms with E-state index in [0.29, 0.717) is 12.0 Å². The first-order valence-corrected chi connectivity index (χ1v) is 9.30. The lowest BCUT2D eigenvalue weighted by atomic mass is 10.0. The summed E-state index contributed by atoms with van der Waals surface area (Å²) in [5, 5.41) is 14.8. The number of nitrogens with one attached hydrogen (secondary N) is 2. The molecule has 2 atom stereocenters. The molecule has 0 heterocycles. The Labute approximate surface area is 165 Å². The van der Waals surface area contributed by atoms with Gasteiger partial charge in [0.25, 0.3) is 5.91 Å². The molecule has 0 bridgehead atoms. The number of carbonyl (C=O) groups excluding carboxylic acids is 2. The molecule has 0 aliphatic carbocycles. The molecule has 148 valence electrons. The van der Waals surface area contributed by atoms with Crippen molar-refractivity contribution in [3.63, 3.8) is 0 Å². The van der Waals surface area contributed by atoms with Crippen LogP contribution in [0, 0.1) is 5.92 Å². The van der Waals surface area contributed by atoms with E-state index in [1.165, 1.54) is 0 Å². The summed E-state index contributed by atoms with van der Waals surface area (Å²) in [5.41, 5.74) is 1.26. The van der Waals surface area contributed by atoms with Crippen LogP contribution in [0.1, 0.15) is 36.2 Å². The highest BCUT2D eigenvalue weighted by atomic mass is 16.4. The summed E-state index contributed by atoms with van der Waals surface area (Å²) in [5.74, 6) is -1.84. The highest BCUT2D eigenvalue weighted by Crippen LogP contribution is 2.09. The van der Waals surface area contributed by atoms with E-state index < -0.39 is 24.0 Å². The van der Waals surface area contributed by atoms with Crippen LogP contribution in [0.15, 0.2) is 60.7 Å². The van der Waals surface area contributed by atoms with Crippen LogP contribution < -0.4 is 10.6 Å². The van der Waals surface area contributed by atoms with Gasteiger partial charge in [0.15, 0.2) is 0 Å². The number of benzene rings is 2. The number of carboxylic acids is 1. The maximum absolute atomic E-state index is 12.8. The molecule has 0 fully saturated rings. The van der Waals surface area contributed by atoms with Gasteiger partial charge in [-0.2, -0.15) is 0 Å². The van der Waals surface area contributed by atoms with Crippen molar-refractivity contribution in [2.45, 2.75) is 38.8 Å². The molecule has 3 N–H and O–H groups in total. The Morgan fingerprint density at radius 1 is 0.857 bits per heavy atom. The molecule has 2 rings (SSSR count). The maximum atomic E-state index is 12.8. The molecule has 0 aliphatic rings. The third kappa shape index (κ3) is 6.54. The van der Waals surface area contributed by atoms with Gasteiger partial charge >= 0.3 is 5.97 Å². The normalized spacial score (nSPS) is 12.8. The standard InChI is InChI=1S/C22H26N2O4/c1-15(2)13-18(23-20(25)17-11-7-4-8-12-17)21(26)24-19(22(27)28)14-16-9-5-3-6-10-16/h3-12,15,18-19H,13-14H2,1-2H3,(H,23,25)(H,24,26)(H,27,28)/t18-,19-/m0/s1. The van der Waals surface area contributed by atoms with Crippen molar-refractivity contribution < 1.29 is 19.5 Å². The molecule has 28 heavy (non-hydrogen) atoms. The Kier molecular flexibility index (Phi) is 7.75. The van der Waals surface area contributed by atoms with Crippen molar-refractivity contribution in [1.82, 2.24) is 10.6 Å². The number of carbonyl (C=O) groups is 3. The summed E-state index contributed by atoms with van der Waals surface area (Å²) in [4.78, 5) is 36.8. The second-order valence-electron chi connectivity index (χ2n) is 7.11. The molecule has 2 aromatic carbocycles. The van der Waals surface area contributed by atoms with Crippen LogP contribution in [0.5, 0.6) is 0 Å². The summed E-state index contributed by atoms with van der Waals surface area (Å²) in [7, 11) is 0. The van der Waals surface area contributed by atoms with Gasteiger partial charge in [0.1, 0.15) is 12.1 Å². The Morgan fingerprint density at radius 2 is 1.43 bits per heavy atom. The molecule has 6 nitrogen and oxygen atoms in total. The molecule has 0 radical (unpaired) electrons. The molecule has 2 aromatic rings. The number of amides is 2. The van der Waals surface area contributed by atoms with Crippen LogP contribution in [-0.4, -0.2) is 35.0 Å². The zero-order valence-corrected chi connectivity index (χ0v) is 16.1. The van der Waals surface area contributed by atoms with Crippen LogP contribution in [0.25, 0.3) is 0 Å². The summed E-state index contributed by atoms with van der Waals surface area (Å²) in [6, 6.07) is 15.8. The van der Waals surface area contributed by atoms with E-state index in [4.69, 9.17) is 0 Å². The highest BCUT2D eigenvalue weighted by molar-refractivity contribution is 5.98. The van der Waals surface area contributed by atoms with Gasteiger partial charge in [-0.1, -0.05) is 62.4 Å². The molecule has 0 spiro atoms. The first-order chi connectivity index (χ1) is 13.4. The average Bonchev–Trinajstić information content (AvgIpc) is 2.68. The number of rotatable bonds is 9. The third-order valence-electron chi connectivity index (χ3n) is 4.26. The zero-order chi connectivity index (χ0) is 20.5. The van der Waals surface area contributed by atoms with Crippen molar-refractivity contribution in [1.29, 1.82) is 0 Å². The molecule has 0 unspecified atom stereocenters. The quantitative estimate of drug-likeness (QED) is 0.621. The van der Waals surface area contributed by atoms with Crippen LogP contribution in [-0.2, 0) is 16.0 Å². The Bertz CT molecular complexity index is 791. The van der Waals surface area contributed by atoms with Crippen LogP contribution >= 0.6 is 0 Å². The van der Waals surface area contributed by atoms with Crippen molar-refractivity contribution in [2.24, 2.45) is 5.92 Å². The lowest BCUT2D eigenvalue weighted by Gasteiger charge is -2.23. The zero-order valence-electron chi connectivity index (χ0n) is 16.1. The highest BCUT2D eigenvalue weighted by Gasteiger charge is 2.27. The number of hydrogen-bond donors (Lipinski definition) is 3. The number of hydrogen-bond acceptors (Lipinski definition) is 3. The third-order valence-corrected chi connectivity index (χ3v) is 4.26. The fraction of sp³-hybridized carbons (Fsp3) is 0.318. The van der Waals surface area contributed by atoms with Gasteiger partial charge < -0.3 is 15.7 Å². The maximum Gasteiger partial charge on any atom is 0.326 e. The second kappa shape index (κ2) is 10.3. The monoisotopic (exact) mass is 382 g/mol. The first-order valence-electron chi connectivity index (χ1n) is 9.30. The summed E-state index contributed by atoms with van der Waals surface area (Å²) >= 11 is 0. The molecule has 2 amide bonds. The molecule has 0 saturated carbocycles. The van der Waals surface area contributed by atoms with Crippen molar-refractivity contribution in [3.8, 4) is 0 Å². The minimum Gasteiger partial charge on any atom is -0.480 e. The molecule has 6 heteroatoms. The second-order valence-corrected chi connectivity index (χ2v) is 7.11. The average molecular weight is 382 g/mol. The predicted octanol–water partition coefficient (Wildman–Crippen LogP) is 2.64. The van der Waals surface area contributed by atoms with Crippen molar-refractivity contribution in [3.05, 3.63) is 71.8 Å². The number of aliphatic carboxylic acids is 1. The topological polar surface area (TPSA) is 95.5 Å². The molecular formula is C22H26N2O4.